The molecule has 0 saturated heterocycles. The summed E-state index contributed by atoms with van der Waals surface area (Å²) in [7, 11) is 1.48. The molecule has 4 rings (SSSR count). The van der Waals surface area contributed by atoms with Crippen LogP contribution in [-0.2, 0) is 0 Å². The number of hydrogen-bond acceptors (Lipinski definition) is 4. The predicted octanol–water partition coefficient (Wildman–Crippen LogP) is 5.35. The Morgan fingerprint density at radius 2 is 1.86 bits per heavy atom. The Kier molecular flexibility index (Phi) is 5.06. The zero-order valence-corrected chi connectivity index (χ0v) is 16.3. The summed E-state index contributed by atoms with van der Waals surface area (Å²) < 4.78 is 5.09. The monoisotopic (exact) mass is 404 g/mol. The lowest BCUT2D eigenvalue weighted by Crippen LogP contribution is -2.04. The second kappa shape index (κ2) is 7.81. The summed E-state index contributed by atoms with van der Waals surface area (Å²) in [6.07, 6.45) is 1.69. The molecule has 0 aliphatic rings. The lowest BCUT2D eigenvalue weighted by Gasteiger charge is -2.07. The third kappa shape index (κ3) is 3.86. The fourth-order valence-corrected chi connectivity index (χ4v) is 3.17. The molecule has 0 unspecified atom stereocenters. The highest BCUT2D eigenvalue weighted by molar-refractivity contribution is 6.33. The summed E-state index contributed by atoms with van der Waals surface area (Å²) in [6.45, 7) is 0. The van der Waals surface area contributed by atoms with Gasteiger partial charge in [-0.1, -0.05) is 29.8 Å². The molecule has 0 aliphatic carbocycles. The Morgan fingerprint density at radius 3 is 2.55 bits per heavy atom. The molecular weight excluding hydrogens is 388 g/mol. The van der Waals surface area contributed by atoms with Crippen LogP contribution in [0.25, 0.3) is 22.7 Å². The van der Waals surface area contributed by atoms with Crippen molar-refractivity contribution >= 4 is 40.1 Å². The van der Waals surface area contributed by atoms with E-state index in [1.54, 1.807) is 42.5 Å². The maximum atomic E-state index is 13.3. The van der Waals surface area contributed by atoms with Crippen LogP contribution in [0.1, 0.15) is 21.7 Å². The largest absolute Gasteiger partial charge is 0.504 e. The van der Waals surface area contributed by atoms with Crippen LogP contribution in [-0.4, -0.2) is 28.0 Å². The number of carbonyl (C=O) groups is 1. The van der Waals surface area contributed by atoms with Gasteiger partial charge in [0, 0.05) is 10.6 Å². The number of phenols is 1. The van der Waals surface area contributed by atoms with E-state index in [-0.39, 0.29) is 11.5 Å². The van der Waals surface area contributed by atoms with Gasteiger partial charge in [0.25, 0.3) is 0 Å². The van der Waals surface area contributed by atoms with Gasteiger partial charge in [0.1, 0.15) is 5.82 Å². The molecule has 6 heteroatoms. The van der Waals surface area contributed by atoms with Gasteiger partial charge in [-0.3, -0.25) is 4.79 Å². The fraction of sp³-hybridized carbons (Fsp3) is 0.0435. The van der Waals surface area contributed by atoms with Crippen molar-refractivity contribution in [2.24, 2.45) is 0 Å². The Hall–Kier alpha value is -3.57. The predicted molar refractivity (Wildman–Crippen MR) is 114 cm³/mol. The summed E-state index contributed by atoms with van der Waals surface area (Å²) in [6, 6.07) is 19.2. The first-order chi connectivity index (χ1) is 14.0. The van der Waals surface area contributed by atoms with Crippen LogP contribution < -0.4 is 4.74 Å². The van der Waals surface area contributed by atoms with Crippen LogP contribution in [0, 0.1) is 0 Å². The summed E-state index contributed by atoms with van der Waals surface area (Å²) in [5, 5.41) is 10.6. The Labute approximate surface area is 172 Å². The minimum atomic E-state index is -0.212. The molecule has 29 heavy (non-hydrogen) atoms. The van der Waals surface area contributed by atoms with E-state index in [0.29, 0.717) is 33.3 Å². The molecule has 1 aromatic heterocycles. The number of allylic oxidation sites excluding steroid dienone is 1. The Bertz CT molecular complexity index is 1190. The van der Waals surface area contributed by atoms with Crippen molar-refractivity contribution in [2.45, 2.75) is 0 Å². The molecule has 0 bridgehead atoms. The molecule has 144 valence electrons. The van der Waals surface area contributed by atoms with Crippen molar-refractivity contribution in [3.05, 3.63) is 88.7 Å². The number of aromatic amines is 1. The van der Waals surface area contributed by atoms with Gasteiger partial charge in [0.2, 0.25) is 0 Å². The first kappa shape index (κ1) is 18.8. The molecule has 0 radical (unpaired) electrons. The summed E-state index contributed by atoms with van der Waals surface area (Å²) >= 11 is 5.96. The highest BCUT2D eigenvalue weighted by atomic mass is 35.5. The summed E-state index contributed by atoms with van der Waals surface area (Å²) in [5.41, 5.74) is 3.08. The fourth-order valence-electron chi connectivity index (χ4n) is 3.04. The molecule has 0 spiro atoms. The maximum absolute atomic E-state index is 13.3. The number of nitrogens with zero attached hydrogens (tertiary/aromatic N) is 1. The first-order valence-corrected chi connectivity index (χ1v) is 9.27. The van der Waals surface area contributed by atoms with Crippen LogP contribution >= 0.6 is 11.6 Å². The van der Waals surface area contributed by atoms with Gasteiger partial charge in [0.15, 0.2) is 17.3 Å². The van der Waals surface area contributed by atoms with E-state index in [2.05, 4.69) is 9.97 Å². The van der Waals surface area contributed by atoms with E-state index in [9.17, 15) is 9.90 Å². The van der Waals surface area contributed by atoms with Crippen LogP contribution in [0.5, 0.6) is 11.5 Å². The van der Waals surface area contributed by atoms with Gasteiger partial charge in [-0.25, -0.2) is 4.98 Å². The lowest BCUT2D eigenvalue weighted by atomic mass is 10.00. The van der Waals surface area contributed by atoms with Crippen molar-refractivity contribution in [1.29, 1.82) is 0 Å². The highest BCUT2D eigenvalue weighted by Crippen LogP contribution is 2.29. The third-order valence-corrected chi connectivity index (χ3v) is 4.76. The number of Topliss-reactive ketones (excluding diaryl/α,β-unsaturated/α-hetero) is 1. The van der Waals surface area contributed by atoms with E-state index in [4.69, 9.17) is 16.3 Å². The molecule has 3 aromatic carbocycles. The number of carbonyl (C=O) groups excluding carboxylic acids is 1. The number of aromatic nitrogens is 2. The normalized spacial score (nSPS) is 11.6. The number of aromatic hydroxyl groups is 1. The number of ether oxygens (including phenoxy) is 1. The summed E-state index contributed by atoms with van der Waals surface area (Å²) in [4.78, 5) is 21.1. The number of hydrogen-bond donors (Lipinski definition) is 2. The molecule has 0 fully saturated rings. The number of phenolic OH excluding ortho intramolecular Hbond substituents is 1. The zero-order valence-electron chi connectivity index (χ0n) is 15.5. The van der Waals surface area contributed by atoms with Crippen molar-refractivity contribution in [1.82, 2.24) is 9.97 Å². The average Bonchev–Trinajstić information content (AvgIpc) is 3.16. The Balaban J connectivity index is 1.85. The van der Waals surface area contributed by atoms with Gasteiger partial charge in [0.05, 0.1) is 23.7 Å². The number of ketones is 1. The molecule has 4 aromatic rings. The maximum Gasteiger partial charge on any atom is 0.196 e. The minimum Gasteiger partial charge on any atom is -0.504 e. The molecular formula is C23H17ClN2O3. The quantitative estimate of drug-likeness (QED) is 0.347. The molecule has 0 amide bonds. The van der Waals surface area contributed by atoms with Gasteiger partial charge < -0.3 is 14.8 Å². The summed E-state index contributed by atoms with van der Waals surface area (Å²) in [5.74, 6) is 0.582. The molecule has 0 saturated carbocycles. The van der Waals surface area contributed by atoms with E-state index in [1.807, 2.05) is 24.3 Å². The molecule has 2 N–H and O–H groups in total. The van der Waals surface area contributed by atoms with E-state index in [1.165, 1.54) is 13.2 Å². The number of rotatable bonds is 5. The van der Waals surface area contributed by atoms with Crippen LogP contribution in [0.4, 0.5) is 0 Å². The number of H-pyrrole nitrogens is 1. The molecule has 1 heterocycles. The topological polar surface area (TPSA) is 75.2 Å². The second-order valence-electron chi connectivity index (χ2n) is 6.43. The highest BCUT2D eigenvalue weighted by Gasteiger charge is 2.18. The number of nitrogens with one attached hydrogen (secondary N) is 1. The van der Waals surface area contributed by atoms with Crippen LogP contribution in [0.15, 0.2) is 66.7 Å². The van der Waals surface area contributed by atoms with E-state index < -0.39 is 0 Å². The second-order valence-corrected chi connectivity index (χ2v) is 6.86. The standard InChI is InChI=1S/C23H17ClN2O3/c1-29-21-11-6-14(13-20(21)27)12-17(22(28)15-7-9-16(24)10-8-15)23-25-18-4-2-3-5-19(18)26-23/h2-13,27H,1H3,(H,25,26)/b17-12-. The van der Waals surface area contributed by atoms with Gasteiger partial charge in [-0.05, 0) is 60.2 Å². The molecule has 0 aliphatic heterocycles. The van der Waals surface area contributed by atoms with Crippen molar-refractivity contribution in [2.75, 3.05) is 7.11 Å². The van der Waals surface area contributed by atoms with Crippen molar-refractivity contribution < 1.29 is 14.6 Å². The zero-order chi connectivity index (χ0) is 20.4. The number of imidazole rings is 1. The number of halogens is 1. The van der Waals surface area contributed by atoms with Gasteiger partial charge in [-0.2, -0.15) is 0 Å². The van der Waals surface area contributed by atoms with E-state index >= 15 is 0 Å². The lowest BCUT2D eigenvalue weighted by molar-refractivity contribution is 0.105. The third-order valence-electron chi connectivity index (χ3n) is 4.51. The number of para-hydroxylation sites is 2. The minimum absolute atomic E-state index is 0.0100. The van der Waals surface area contributed by atoms with Crippen LogP contribution in [0.2, 0.25) is 5.02 Å². The smallest absolute Gasteiger partial charge is 0.196 e. The van der Waals surface area contributed by atoms with Crippen molar-refractivity contribution in [3.8, 4) is 11.5 Å². The molecule has 5 nitrogen and oxygen atoms in total. The van der Waals surface area contributed by atoms with E-state index in [0.717, 1.165) is 11.0 Å². The van der Waals surface area contributed by atoms with Gasteiger partial charge in [-0.15, -0.1) is 0 Å². The first-order valence-electron chi connectivity index (χ1n) is 8.89. The van der Waals surface area contributed by atoms with Gasteiger partial charge >= 0.3 is 0 Å². The molecule has 0 atom stereocenters. The van der Waals surface area contributed by atoms with Crippen molar-refractivity contribution in [3.63, 3.8) is 0 Å². The number of benzene rings is 3. The van der Waals surface area contributed by atoms with Crippen LogP contribution in [0.3, 0.4) is 0 Å². The Morgan fingerprint density at radius 1 is 1.10 bits per heavy atom. The SMILES string of the molecule is COc1ccc(/C=C(/C(=O)c2ccc(Cl)cc2)c2nc3ccccc3[nH]2)cc1O. The number of fused-ring (bicyclic) bond motifs is 1. The average molecular weight is 405 g/mol. The number of methoxy groups -OCH3 is 1.